The summed E-state index contributed by atoms with van der Waals surface area (Å²) < 4.78 is 4.88. The summed E-state index contributed by atoms with van der Waals surface area (Å²) in [7, 11) is 1.50. The Kier molecular flexibility index (Phi) is 6.87. The molecule has 0 atom stereocenters. The smallest absolute Gasteiger partial charge is 0.317 e. The lowest BCUT2D eigenvalue weighted by molar-refractivity contribution is -0.138. The molecular weight excluding hydrogens is 274 g/mol. The van der Waals surface area contributed by atoms with Gasteiger partial charge in [-0.3, -0.25) is 14.5 Å². The minimum absolute atomic E-state index is 0.0879. The van der Waals surface area contributed by atoms with Crippen LogP contribution in [-0.2, 0) is 14.3 Å². The number of hydrogen-bond acceptors (Lipinski definition) is 5. The molecule has 1 aromatic carbocycles. The van der Waals surface area contributed by atoms with E-state index in [1.54, 1.807) is 24.3 Å². The van der Waals surface area contributed by atoms with Gasteiger partial charge in [0.2, 0.25) is 5.91 Å². The van der Waals surface area contributed by atoms with Crippen LogP contribution in [-0.4, -0.2) is 55.2 Å². The summed E-state index contributed by atoms with van der Waals surface area (Å²) in [5.41, 5.74) is 0.763. The molecule has 0 spiro atoms. The number of nitrogens with one attached hydrogen (secondary N) is 1. The molecule has 7 nitrogen and oxygen atoms in total. The number of anilines is 1. The second kappa shape index (κ2) is 8.68. The van der Waals surface area contributed by atoms with E-state index < -0.39 is 5.97 Å². The maximum Gasteiger partial charge on any atom is 0.317 e. The molecule has 0 heterocycles. The Balaban J connectivity index is 2.64. The van der Waals surface area contributed by atoms with Crippen LogP contribution in [0.15, 0.2) is 24.3 Å². The maximum atomic E-state index is 11.9. The van der Waals surface area contributed by atoms with Crippen molar-refractivity contribution in [2.75, 3.05) is 38.7 Å². The van der Waals surface area contributed by atoms with Crippen molar-refractivity contribution in [2.45, 2.75) is 0 Å². The Morgan fingerprint density at radius 3 is 2.71 bits per heavy atom. The maximum absolute atomic E-state index is 11.9. The first-order valence-electron chi connectivity index (χ1n) is 6.29. The molecule has 0 fully saturated rings. The average molecular weight is 291 g/mol. The molecule has 1 aromatic rings. The Morgan fingerprint density at radius 2 is 2.10 bits per heavy atom. The molecule has 0 unspecified atom stereocenters. The van der Waals surface area contributed by atoms with Gasteiger partial charge in [-0.15, -0.1) is 0 Å². The summed E-state index contributed by atoms with van der Waals surface area (Å²) in [4.78, 5) is 24.2. The lowest BCUT2D eigenvalue weighted by Crippen LogP contribution is -2.38. The zero-order valence-electron chi connectivity index (χ0n) is 11.7. The second-order valence-corrected chi connectivity index (χ2v) is 4.30. The van der Waals surface area contributed by atoms with Crippen molar-refractivity contribution < 1.29 is 19.4 Å². The Bertz CT molecular complexity index is 539. The van der Waals surface area contributed by atoms with Gasteiger partial charge < -0.3 is 15.2 Å². The van der Waals surface area contributed by atoms with E-state index in [2.05, 4.69) is 5.32 Å². The summed E-state index contributed by atoms with van der Waals surface area (Å²) in [6, 6.07) is 8.59. The largest absolute Gasteiger partial charge is 0.480 e. The SMILES string of the molecule is COCCN(CC(=O)O)CC(=O)Nc1ccccc1C#N. The number of carbonyl (C=O) groups is 2. The normalized spacial score (nSPS) is 10.1. The van der Waals surface area contributed by atoms with Gasteiger partial charge in [-0.05, 0) is 12.1 Å². The van der Waals surface area contributed by atoms with Crippen molar-refractivity contribution in [1.29, 1.82) is 5.26 Å². The highest BCUT2D eigenvalue weighted by molar-refractivity contribution is 5.93. The number of carboxylic acid groups (broad SMARTS) is 1. The fourth-order valence-electron chi connectivity index (χ4n) is 1.71. The Labute approximate surface area is 122 Å². The molecule has 1 rings (SSSR count). The number of rotatable bonds is 8. The van der Waals surface area contributed by atoms with E-state index in [0.717, 1.165) is 0 Å². The lowest BCUT2D eigenvalue weighted by Gasteiger charge is -2.19. The van der Waals surface area contributed by atoms with Gasteiger partial charge in [0.05, 0.1) is 30.9 Å². The highest BCUT2D eigenvalue weighted by Crippen LogP contribution is 2.13. The van der Waals surface area contributed by atoms with E-state index in [1.807, 2.05) is 6.07 Å². The van der Waals surface area contributed by atoms with Crippen molar-refractivity contribution in [2.24, 2.45) is 0 Å². The molecule has 0 aliphatic heterocycles. The van der Waals surface area contributed by atoms with E-state index in [9.17, 15) is 9.59 Å². The van der Waals surface area contributed by atoms with Crippen molar-refractivity contribution in [3.8, 4) is 6.07 Å². The number of carbonyl (C=O) groups excluding carboxylic acids is 1. The number of aliphatic carboxylic acids is 1. The molecule has 1 amide bonds. The first-order valence-corrected chi connectivity index (χ1v) is 6.29. The molecule has 112 valence electrons. The van der Waals surface area contributed by atoms with Gasteiger partial charge in [-0.25, -0.2) is 0 Å². The van der Waals surface area contributed by atoms with Crippen LogP contribution < -0.4 is 5.32 Å². The third-order valence-electron chi connectivity index (χ3n) is 2.66. The second-order valence-electron chi connectivity index (χ2n) is 4.30. The van der Waals surface area contributed by atoms with Gasteiger partial charge in [0, 0.05) is 13.7 Å². The van der Waals surface area contributed by atoms with Crippen LogP contribution in [0.3, 0.4) is 0 Å². The first kappa shape index (κ1) is 16.6. The Hall–Kier alpha value is -2.43. The van der Waals surface area contributed by atoms with Crippen LogP contribution in [0.1, 0.15) is 5.56 Å². The van der Waals surface area contributed by atoms with Crippen molar-refractivity contribution in [1.82, 2.24) is 4.90 Å². The highest BCUT2D eigenvalue weighted by atomic mass is 16.5. The van der Waals surface area contributed by atoms with Crippen molar-refractivity contribution >= 4 is 17.6 Å². The van der Waals surface area contributed by atoms with Gasteiger partial charge in [-0.1, -0.05) is 12.1 Å². The number of methoxy groups -OCH3 is 1. The summed E-state index contributed by atoms with van der Waals surface area (Å²) in [5.74, 6) is -1.40. The minimum atomic E-state index is -1.02. The van der Waals surface area contributed by atoms with Crippen LogP contribution in [0.5, 0.6) is 0 Å². The number of amides is 1. The Morgan fingerprint density at radius 1 is 1.38 bits per heavy atom. The zero-order chi connectivity index (χ0) is 15.7. The van der Waals surface area contributed by atoms with Gasteiger partial charge in [0.25, 0.3) is 0 Å². The number of ether oxygens (including phenoxy) is 1. The minimum Gasteiger partial charge on any atom is -0.480 e. The molecule has 2 N–H and O–H groups in total. The summed E-state index contributed by atoms with van der Waals surface area (Å²) in [6.45, 7) is 0.317. The molecule has 7 heteroatoms. The predicted octanol–water partition coefficient (Wildman–Crippen LogP) is 0.530. The van der Waals surface area contributed by atoms with Crippen LogP contribution in [0, 0.1) is 11.3 Å². The van der Waals surface area contributed by atoms with E-state index in [-0.39, 0.29) is 19.0 Å². The van der Waals surface area contributed by atoms with Gasteiger partial charge >= 0.3 is 5.97 Å². The first-order chi connectivity index (χ1) is 10.1. The molecule has 0 saturated carbocycles. The van der Waals surface area contributed by atoms with Gasteiger partial charge in [0.1, 0.15) is 6.07 Å². The van der Waals surface area contributed by atoms with Crippen LogP contribution in [0.2, 0.25) is 0 Å². The number of nitrogens with zero attached hydrogens (tertiary/aromatic N) is 2. The summed E-state index contributed by atoms with van der Waals surface area (Å²) >= 11 is 0. The van der Waals surface area contributed by atoms with Crippen LogP contribution in [0.4, 0.5) is 5.69 Å². The fourth-order valence-corrected chi connectivity index (χ4v) is 1.71. The average Bonchev–Trinajstić information content (AvgIpc) is 2.44. The topological polar surface area (TPSA) is 103 Å². The lowest BCUT2D eigenvalue weighted by atomic mass is 10.2. The molecule has 0 aromatic heterocycles. The number of nitriles is 1. The zero-order valence-corrected chi connectivity index (χ0v) is 11.7. The quantitative estimate of drug-likeness (QED) is 0.724. The van der Waals surface area contributed by atoms with Gasteiger partial charge in [0.15, 0.2) is 0 Å². The summed E-state index contributed by atoms with van der Waals surface area (Å²) in [6.07, 6.45) is 0. The molecular formula is C14H17N3O4. The van der Waals surface area contributed by atoms with E-state index in [4.69, 9.17) is 15.1 Å². The predicted molar refractivity (Wildman–Crippen MR) is 75.7 cm³/mol. The van der Waals surface area contributed by atoms with E-state index in [0.29, 0.717) is 24.4 Å². The summed E-state index contributed by atoms with van der Waals surface area (Å²) in [5, 5.41) is 20.4. The molecule has 21 heavy (non-hydrogen) atoms. The molecule has 0 bridgehead atoms. The monoisotopic (exact) mass is 291 g/mol. The third kappa shape index (κ3) is 6.03. The highest BCUT2D eigenvalue weighted by Gasteiger charge is 2.14. The van der Waals surface area contributed by atoms with E-state index >= 15 is 0 Å². The van der Waals surface area contributed by atoms with Crippen LogP contribution in [0.25, 0.3) is 0 Å². The number of hydrogen-bond donors (Lipinski definition) is 2. The number of carboxylic acids is 1. The van der Waals surface area contributed by atoms with Gasteiger partial charge in [-0.2, -0.15) is 5.26 Å². The number of benzene rings is 1. The van der Waals surface area contributed by atoms with E-state index in [1.165, 1.54) is 12.0 Å². The third-order valence-corrected chi connectivity index (χ3v) is 2.66. The number of para-hydroxylation sites is 1. The molecule has 0 aliphatic rings. The van der Waals surface area contributed by atoms with Crippen LogP contribution >= 0.6 is 0 Å². The standard InChI is InChI=1S/C14H17N3O4/c1-21-7-6-17(10-14(19)20)9-13(18)16-12-5-3-2-4-11(12)8-15/h2-5H,6-7,9-10H2,1H3,(H,16,18)(H,19,20). The molecule has 0 saturated heterocycles. The fraction of sp³-hybridized carbons (Fsp3) is 0.357. The molecule has 0 radical (unpaired) electrons. The van der Waals surface area contributed by atoms with Crippen molar-refractivity contribution in [3.05, 3.63) is 29.8 Å². The molecule has 0 aliphatic carbocycles. The van der Waals surface area contributed by atoms with Crippen molar-refractivity contribution in [3.63, 3.8) is 0 Å².